The molecule has 2 N–H and O–H groups in total. The Balaban J connectivity index is 0.00000338. The number of nitrogens with zero attached hydrogens (tertiary/aromatic N) is 1. The van der Waals surface area contributed by atoms with Gasteiger partial charge < -0.3 is 10.6 Å². The maximum absolute atomic E-state index is 12.9. The smallest absolute Gasteiger partial charge is 0.223 e. The summed E-state index contributed by atoms with van der Waals surface area (Å²) in [5, 5.41) is 0. The summed E-state index contributed by atoms with van der Waals surface area (Å²) in [4.78, 5) is 26.4. The van der Waals surface area contributed by atoms with Gasteiger partial charge in [-0.05, 0) is 42.8 Å². The van der Waals surface area contributed by atoms with Crippen molar-refractivity contribution in [3.8, 4) is 0 Å². The maximum Gasteiger partial charge on any atom is 0.223 e. The first kappa shape index (κ1) is 21.8. The first-order chi connectivity index (χ1) is 12.1. The summed E-state index contributed by atoms with van der Waals surface area (Å²) >= 11 is 0. The van der Waals surface area contributed by atoms with E-state index in [9.17, 15) is 14.0 Å². The molecule has 26 heavy (non-hydrogen) atoms. The number of Topliss-reactive ketones (excluding diaryl/α,β-unsaturated/α-hetero) is 1. The van der Waals surface area contributed by atoms with Crippen LogP contribution in [0.1, 0.15) is 35.2 Å². The van der Waals surface area contributed by atoms with Crippen LogP contribution in [0.3, 0.4) is 0 Å². The summed E-state index contributed by atoms with van der Waals surface area (Å²) in [6.45, 7) is 1.58. The van der Waals surface area contributed by atoms with Gasteiger partial charge in [0.05, 0.1) is 0 Å². The quantitative estimate of drug-likeness (QED) is 0.678. The molecule has 0 bridgehead atoms. The molecule has 4 nitrogen and oxygen atoms in total. The highest BCUT2D eigenvalue weighted by Crippen LogP contribution is 2.11. The lowest BCUT2D eigenvalue weighted by atomic mass is 10.1. The number of benzene rings is 2. The predicted octanol–water partition coefficient (Wildman–Crippen LogP) is 3.59. The fourth-order valence-corrected chi connectivity index (χ4v) is 2.54. The third kappa shape index (κ3) is 6.94. The van der Waals surface area contributed by atoms with Crippen LogP contribution in [-0.4, -0.2) is 29.7 Å². The summed E-state index contributed by atoms with van der Waals surface area (Å²) in [7, 11) is 0. The van der Waals surface area contributed by atoms with Crippen LogP contribution < -0.4 is 5.73 Å². The number of ketones is 1. The molecule has 140 valence electrons. The van der Waals surface area contributed by atoms with Crippen molar-refractivity contribution >= 4 is 24.1 Å². The van der Waals surface area contributed by atoms with E-state index in [0.29, 0.717) is 31.6 Å². The zero-order chi connectivity index (χ0) is 18.1. The first-order valence-electron chi connectivity index (χ1n) is 8.40. The Hall–Kier alpha value is -2.24. The van der Waals surface area contributed by atoms with E-state index in [1.54, 1.807) is 4.90 Å². The normalized spacial score (nSPS) is 10.1. The van der Waals surface area contributed by atoms with Crippen LogP contribution in [0.4, 0.5) is 4.39 Å². The van der Waals surface area contributed by atoms with Crippen molar-refractivity contribution in [2.45, 2.75) is 25.8 Å². The summed E-state index contributed by atoms with van der Waals surface area (Å²) < 4.78 is 12.9. The molecule has 0 saturated heterocycles. The second-order valence-corrected chi connectivity index (χ2v) is 5.87. The third-order valence-electron chi connectivity index (χ3n) is 3.93. The standard InChI is InChI=1S/C20H23FN2O2.ClH/c21-18-9-7-17(8-10-18)19(24)11-12-20(25)23(14-4-13-22)15-16-5-2-1-3-6-16;/h1-3,5-10H,4,11-15,22H2;1H. The summed E-state index contributed by atoms with van der Waals surface area (Å²) in [6, 6.07) is 15.1. The van der Waals surface area contributed by atoms with Crippen molar-refractivity contribution < 1.29 is 14.0 Å². The molecule has 0 spiro atoms. The van der Waals surface area contributed by atoms with E-state index in [4.69, 9.17) is 5.73 Å². The molecule has 1 amide bonds. The number of amides is 1. The van der Waals surface area contributed by atoms with Gasteiger partial charge in [0.15, 0.2) is 5.78 Å². The molecule has 2 aromatic rings. The van der Waals surface area contributed by atoms with Gasteiger partial charge >= 0.3 is 0 Å². The molecular formula is C20H24ClFN2O2. The molecule has 0 aliphatic heterocycles. The fourth-order valence-electron chi connectivity index (χ4n) is 2.54. The van der Waals surface area contributed by atoms with Gasteiger partial charge in [0.2, 0.25) is 5.91 Å². The Morgan fingerprint density at radius 1 is 0.962 bits per heavy atom. The first-order valence-corrected chi connectivity index (χ1v) is 8.40. The summed E-state index contributed by atoms with van der Waals surface area (Å²) in [5.41, 5.74) is 7.02. The Morgan fingerprint density at radius 3 is 2.23 bits per heavy atom. The molecule has 0 atom stereocenters. The third-order valence-corrected chi connectivity index (χ3v) is 3.93. The van der Waals surface area contributed by atoms with Gasteiger partial charge in [-0.25, -0.2) is 4.39 Å². The highest BCUT2D eigenvalue weighted by molar-refractivity contribution is 5.97. The molecule has 2 rings (SSSR count). The van der Waals surface area contributed by atoms with Crippen molar-refractivity contribution in [2.75, 3.05) is 13.1 Å². The number of halogens is 2. The van der Waals surface area contributed by atoms with Gasteiger partial charge in [0.1, 0.15) is 5.82 Å². The van der Waals surface area contributed by atoms with Crippen LogP contribution in [0.5, 0.6) is 0 Å². The van der Waals surface area contributed by atoms with E-state index >= 15 is 0 Å². The number of hydrogen-bond acceptors (Lipinski definition) is 3. The molecule has 0 heterocycles. The molecule has 2 aromatic carbocycles. The van der Waals surface area contributed by atoms with Crippen LogP contribution in [0, 0.1) is 5.82 Å². The van der Waals surface area contributed by atoms with Crippen LogP contribution in [0.25, 0.3) is 0 Å². The number of carbonyl (C=O) groups excluding carboxylic acids is 2. The number of rotatable bonds is 9. The van der Waals surface area contributed by atoms with Crippen molar-refractivity contribution in [3.63, 3.8) is 0 Å². The van der Waals surface area contributed by atoms with E-state index in [1.807, 2.05) is 30.3 Å². The van der Waals surface area contributed by atoms with Gasteiger partial charge in [-0.2, -0.15) is 0 Å². The van der Waals surface area contributed by atoms with Gasteiger partial charge in [-0.3, -0.25) is 9.59 Å². The Labute approximate surface area is 159 Å². The van der Waals surface area contributed by atoms with Gasteiger partial charge in [-0.15, -0.1) is 12.4 Å². The minimum absolute atomic E-state index is 0. The lowest BCUT2D eigenvalue weighted by Crippen LogP contribution is -2.32. The predicted molar refractivity (Wildman–Crippen MR) is 103 cm³/mol. The molecule has 0 fully saturated rings. The van der Waals surface area contributed by atoms with Crippen molar-refractivity contribution in [2.24, 2.45) is 5.73 Å². The number of hydrogen-bond donors (Lipinski definition) is 1. The second kappa shape index (κ2) is 11.4. The topological polar surface area (TPSA) is 63.4 Å². The van der Waals surface area contributed by atoms with E-state index in [2.05, 4.69) is 0 Å². The average Bonchev–Trinajstić information content (AvgIpc) is 2.64. The Bertz CT molecular complexity index is 693. The van der Waals surface area contributed by atoms with Crippen LogP contribution in [-0.2, 0) is 11.3 Å². The molecular weight excluding hydrogens is 355 g/mol. The lowest BCUT2D eigenvalue weighted by molar-refractivity contribution is -0.131. The molecule has 6 heteroatoms. The zero-order valence-corrected chi connectivity index (χ0v) is 15.4. The SMILES string of the molecule is Cl.NCCCN(Cc1ccccc1)C(=O)CCC(=O)c1ccc(F)cc1. The summed E-state index contributed by atoms with van der Waals surface area (Å²) in [6.07, 6.45) is 0.955. The largest absolute Gasteiger partial charge is 0.338 e. The van der Waals surface area contributed by atoms with Crippen molar-refractivity contribution in [1.82, 2.24) is 4.90 Å². The number of nitrogens with two attached hydrogens (primary N) is 1. The second-order valence-electron chi connectivity index (χ2n) is 5.87. The fraction of sp³-hybridized carbons (Fsp3) is 0.300. The van der Waals surface area contributed by atoms with Crippen molar-refractivity contribution in [3.05, 3.63) is 71.5 Å². The molecule has 0 aromatic heterocycles. The number of carbonyl (C=O) groups is 2. The molecule has 0 aliphatic carbocycles. The Morgan fingerprint density at radius 2 is 1.62 bits per heavy atom. The van der Waals surface area contributed by atoms with Crippen molar-refractivity contribution in [1.29, 1.82) is 0 Å². The van der Waals surface area contributed by atoms with Crippen LogP contribution in [0.2, 0.25) is 0 Å². The van der Waals surface area contributed by atoms with Crippen LogP contribution >= 0.6 is 12.4 Å². The monoisotopic (exact) mass is 378 g/mol. The molecule has 0 radical (unpaired) electrons. The van der Waals surface area contributed by atoms with E-state index < -0.39 is 0 Å². The Kier molecular flexibility index (Phi) is 9.55. The van der Waals surface area contributed by atoms with Gasteiger partial charge in [0, 0.05) is 31.5 Å². The van der Waals surface area contributed by atoms with E-state index in [0.717, 1.165) is 5.56 Å². The highest BCUT2D eigenvalue weighted by atomic mass is 35.5. The average molecular weight is 379 g/mol. The van der Waals surface area contributed by atoms with Gasteiger partial charge in [0.25, 0.3) is 0 Å². The molecule has 0 aliphatic rings. The molecule has 0 unspecified atom stereocenters. The minimum Gasteiger partial charge on any atom is -0.338 e. The maximum atomic E-state index is 12.9. The highest BCUT2D eigenvalue weighted by Gasteiger charge is 2.16. The lowest BCUT2D eigenvalue weighted by Gasteiger charge is -2.22. The minimum atomic E-state index is -0.386. The van der Waals surface area contributed by atoms with E-state index in [1.165, 1.54) is 24.3 Å². The van der Waals surface area contributed by atoms with Gasteiger partial charge in [-0.1, -0.05) is 30.3 Å². The summed E-state index contributed by atoms with van der Waals surface area (Å²) in [5.74, 6) is -0.622. The van der Waals surface area contributed by atoms with Crippen LogP contribution in [0.15, 0.2) is 54.6 Å². The zero-order valence-electron chi connectivity index (χ0n) is 14.6. The van der Waals surface area contributed by atoms with E-state index in [-0.39, 0.29) is 42.8 Å². The molecule has 0 saturated carbocycles.